The fraction of sp³-hybridized carbons (Fsp3) is 0.500. The zero-order valence-electron chi connectivity index (χ0n) is 12.5. The van der Waals surface area contributed by atoms with Crippen molar-refractivity contribution in [1.82, 2.24) is 10.2 Å². The van der Waals surface area contributed by atoms with Crippen molar-refractivity contribution in [1.29, 1.82) is 0 Å². The van der Waals surface area contributed by atoms with Crippen LogP contribution in [-0.4, -0.2) is 28.5 Å². The first kappa shape index (κ1) is 15.4. The summed E-state index contributed by atoms with van der Waals surface area (Å²) in [6.45, 7) is 10.4. The first-order valence-corrected chi connectivity index (χ1v) is 6.60. The summed E-state index contributed by atoms with van der Waals surface area (Å²) < 4.78 is 12.2. The number of hydrogen-bond donors (Lipinski definition) is 1. The van der Waals surface area contributed by atoms with Crippen LogP contribution in [0.4, 0.5) is 0 Å². The molecule has 2 aromatic rings. The maximum atomic E-state index is 6.10. The minimum absolute atomic E-state index is 0. The minimum atomic E-state index is -0.315. The van der Waals surface area contributed by atoms with Crippen molar-refractivity contribution in [3.05, 3.63) is 23.9 Å². The molecule has 1 aliphatic heterocycles. The number of halogens is 1. The van der Waals surface area contributed by atoms with Crippen molar-refractivity contribution >= 4 is 35.9 Å². The van der Waals surface area contributed by atoms with Crippen LogP contribution < -0.4 is 5.46 Å². The van der Waals surface area contributed by atoms with Crippen molar-refractivity contribution in [2.75, 3.05) is 0 Å². The summed E-state index contributed by atoms with van der Waals surface area (Å²) in [7, 11) is -0.315. The number of fused-ring (bicyclic) bond motifs is 1. The van der Waals surface area contributed by atoms with Crippen LogP contribution in [0.5, 0.6) is 0 Å². The number of rotatable bonds is 1. The van der Waals surface area contributed by atoms with E-state index in [0.717, 1.165) is 21.9 Å². The van der Waals surface area contributed by atoms with E-state index in [0.29, 0.717) is 0 Å². The van der Waals surface area contributed by atoms with Crippen LogP contribution in [0.2, 0.25) is 0 Å². The molecule has 108 valence electrons. The molecule has 0 spiro atoms. The first-order valence-electron chi connectivity index (χ1n) is 6.60. The smallest absolute Gasteiger partial charge is 0.399 e. The second-order valence-electron chi connectivity index (χ2n) is 6.20. The molecule has 0 atom stereocenters. The summed E-state index contributed by atoms with van der Waals surface area (Å²) in [5.74, 6) is 0. The monoisotopic (exact) mass is 294 g/mol. The van der Waals surface area contributed by atoms with Crippen molar-refractivity contribution in [2.45, 2.75) is 45.8 Å². The van der Waals surface area contributed by atoms with E-state index < -0.39 is 0 Å². The molecule has 6 heteroatoms. The molecule has 0 unspecified atom stereocenters. The Labute approximate surface area is 125 Å². The van der Waals surface area contributed by atoms with E-state index in [1.54, 1.807) is 0 Å². The molecule has 0 aliphatic carbocycles. The summed E-state index contributed by atoms with van der Waals surface area (Å²) in [6, 6.07) is 4.08. The quantitative estimate of drug-likeness (QED) is 0.822. The van der Waals surface area contributed by atoms with Crippen molar-refractivity contribution in [3.8, 4) is 0 Å². The van der Waals surface area contributed by atoms with Crippen molar-refractivity contribution in [3.63, 3.8) is 0 Å². The second-order valence-corrected chi connectivity index (χ2v) is 6.20. The Hall–Kier alpha value is -1.04. The molecule has 1 saturated heterocycles. The Morgan fingerprint density at radius 2 is 1.70 bits per heavy atom. The average Bonchev–Trinajstić information content (AvgIpc) is 2.83. The highest BCUT2D eigenvalue weighted by atomic mass is 35.5. The highest BCUT2D eigenvalue weighted by Crippen LogP contribution is 2.36. The standard InChI is InChI=1S/C14H19BN2O2.ClH/c1-9-10-8-16-17-12(10)7-6-11(9)15-18-13(2,3)14(4,5)19-15;/h6-8H,1-5H3,(H,16,17);1H. The van der Waals surface area contributed by atoms with Gasteiger partial charge in [0.15, 0.2) is 0 Å². The Balaban J connectivity index is 0.00000147. The number of H-pyrrole nitrogens is 1. The summed E-state index contributed by atoms with van der Waals surface area (Å²) in [6.07, 6.45) is 1.85. The van der Waals surface area contributed by atoms with Crippen molar-refractivity contribution in [2.24, 2.45) is 0 Å². The highest BCUT2D eigenvalue weighted by Gasteiger charge is 2.52. The predicted octanol–water partition coefficient (Wildman–Crippen LogP) is 2.59. The number of nitrogens with zero attached hydrogens (tertiary/aromatic N) is 1. The van der Waals surface area contributed by atoms with Crippen LogP contribution in [-0.2, 0) is 9.31 Å². The second kappa shape index (κ2) is 4.76. The highest BCUT2D eigenvalue weighted by molar-refractivity contribution is 6.63. The molecule has 1 aliphatic rings. The van der Waals surface area contributed by atoms with E-state index >= 15 is 0 Å². The molecule has 1 N–H and O–H groups in total. The molecule has 3 rings (SSSR count). The number of aromatic nitrogens is 2. The lowest BCUT2D eigenvalue weighted by Crippen LogP contribution is -2.41. The molecule has 20 heavy (non-hydrogen) atoms. The van der Waals surface area contributed by atoms with Gasteiger partial charge in [-0.25, -0.2) is 0 Å². The van der Waals surface area contributed by atoms with E-state index in [9.17, 15) is 0 Å². The van der Waals surface area contributed by atoms with Gasteiger partial charge >= 0.3 is 7.12 Å². The molecule has 4 nitrogen and oxygen atoms in total. The molecular weight excluding hydrogens is 274 g/mol. The van der Waals surface area contributed by atoms with Crippen LogP contribution in [0.3, 0.4) is 0 Å². The SMILES string of the molecule is Cc1c(B2OC(C)(C)C(C)(C)O2)ccc2[nH]ncc12.Cl. The van der Waals surface area contributed by atoms with Crippen LogP contribution in [0.1, 0.15) is 33.3 Å². The molecule has 0 bridgehead atoms. The molecule has 2 heterocycles. The Bertz CT molecular complexity index is 623. The lowest BCUT2D eigenvalue weighted by atomic mass is 9.75. The van der Waals surface area contributed by atoms with Crippen LogP contribution in [0.25, 0.3) is 10.9 Å². The van der Waals surface area contributed by atoms with Gasteiger partial charge in [-0.1, -0.05) is 6.07 Å². The van der Waals surface area contributed by atoms with Gasteiger partial charge < -0.3 is 9.31 Å². The number of aryl methyl sites for hydroxylation is 1. The van der Waals surface area contributed by atoms with Gasteiger partial charge in [0.1, 0.15) is 0 Å². The topological polar surface area (TPSA) is 47.1 Å². The van der Waals surface area contributed by atoms with Gasteiger partial charge in [0, 0.05) is 5.39 Å². The van der Waals surface area contributed by atoms with E-state index in [2.05, 4.69) is 50.9 Å². The lowest BCUT2D eigenvalue weighted by molar-refractivity contribution is 0.00578. The third-order valence-electron chi connectivity index (χ3n) is 4.44. The van der Waals surface area contributed by atoms with E-state index in [1.807, 2.05) is 12.3 Å². The Morgan fingerprint density at radius 3 is 2.30 bits per heavy atom. The van der Waals surface area contributed by atoms with Crippen LogP contribution in [0.15, 0.2) is 18.3 Å². The van der Waals surface area contributed by atoms with Crippen molar-refractivity contribution < 1.29 is 9.31 Å². The van der Waals surface area contributed by atoms with Crippen LogP contribution >= 0.6 is 12.4 Å². The third kappa shape index (κ3) is 2.14. The Kier molecular flexibility index (Phi) is 3.65. The summed E-state index contributed by atoms with van der Waals surface area (Å²) in [5.41, 5.74) is 2.65. The third-order valence-corrected chi connectivity index (χ3v) is 4.44. The first-order chi connectivity index (χ1) is 8.82. The van der Waals surface area contributed by atoms with E-state index in [4.69, 9.17) is 9.31 Å². The molecule has 0 saturated carbocycles. The number of nitrogens with one attached hydrogen (secondary N) is 1. The predicted molar refractivity (Wildman–Crippen MR) is 83.8 cm³/mol. The molecule has 0 amide bonds. The molecule has 1 aromatic heterocycles. The van der Waals surface area contributed by atoms with Gasteiger partial charge in [0.05, 0.1) is 22.9 Å². The fourth-order valence-corrected chi connectivity index (χ4v) is 2.40. The Morgan fingerprint density at radius 1 is 1.10 bits per heavy atom. The normalized spacial score (nSPS) is 20.1. The summed E-state index contributed by atoms with van der Waals surface area (Å²) in [5, 5.41) is 8.18. The molecule has 1 fully saturated rings. The van der Waals surface area contributed by atoms with E-state index in [-0.39, 0.29) is 30.7 Å². The molecular formula is C14H20BClN2O2. The summed E-state index contributed by atoms with van der Waals surface area (Å²) >= 11 is 0. The molecule has 1 aromatic carbocycles. The van der Waals surface area contributed by atoms with E-state index in [1.165, 1.54) is 0 Å². The maximum Gasteiger partial charge on any atom is 0.495 e. The lowest BCUT2D eigenvalue weighted by Gasteiger charge is -2.32. The fourth-order valence-electron chi connectivity index (χ4n) is 2.40. The van der Waals surface area contributed by atoms with Crippen LogP contribution in [0, 0.1) is 6.92 Å². The number of hydrogen-bond acceptors (Lipinski definition) is 3. The zero-order chi connectivity index (χ0) is 13.8. The zero-order valence-corrected chi connectivity index (χ0v) is 13.3. The largest absolute Gasteiger partial charge is 0.495 e. The van der Waals surface area contributed by atoms with Gasteiger partial charge in [-0.05, 0) is 51.7 Å². The average molecular weight is 295 g/mol. The van der Waals surface area contributed by atoms with Gasteiger partial charge in [-0.15, -0.1) is 12.4 Å². The summed E-state index contributed by atoms with van der Waals surface area (Å²) in [4.78, 5) is 0. The van der Waals surface area contributed by atoms with Gasteiger partial charge in [0.2, 0.25) is 0 Å². The minimum Gasteiger partial charge on any atom is -0.399 e. The number of benzene rings is 1. The van der Waals surface area contributed by atoms with Gasteiger partial charge in [-0.2, -0.15) is 5.10 Å². The molecule has 0 radical (unpaired) electrons. The van der Waals surface area contributed by atoms with Gasteiger partial charge in [0.25, 0.3) is 0 Å². The maximum absolute atomic E-state index is 6.10. The number of aromatic amines is 1. The van der Waals surface area contributed by atoms with Gasteiger partial charge in [-0.3, -0.25) is 5.10 Å².